The van der Waals surface area contributed by atoms with Crippen molar-refractivity contribution in [2.24, 2.45) is 0 Å². The number of nitrogens with one attached hydrogen (secondary N) is 2. The molecule has 4 heteroatoms. The lowest BCUT2D eigenvalue weighted by Gasteiger charge is -2.22. The van der Waals surface area contributed by atoms with Gasteiger partial charge in [-0.05, 0) is 63.3 Å². The van der Waals surface area contributed by atoms with Crippen LogP contribution in [0.3, 0.4) is 0 Å². The van der Waals surface area contributed by atoms with Crippen molar-refractivity contribution in [2.75, 3.05) is 0 Å². The second-order valence-electron chi connectivity index (χ2n) is 7.72. The summed E-state index contributed by atoms with van der Waals surface area (Å²) in [5.41, 5.74) is 5.31. The Morgan fingerprint density at radius 2 is 2.08 bits per heavy atom. The number of alkyl carbamates (subject to hydrolysis) is 1. The number of hydrogen-bond acceptors (Lipinski definition) is 2. The monoisotopic (exact) mass is 338 g/mol. The van der Waals surface area contributed by atoms with Gasteiger partial charge in [0.05, 0.1) is 5.52 Å². The number of rotatable bonds is 3. The van der Waals surface area contributed by atoms with Crippen LogP contribution in [0.15, 0.2) is 37.1 Å². The third kappa shape index (κ3) is 3.78. The van der Waals surface area contributed by atoms with Gasteiger partial charge in [-0.15, -0.1) is 0 Å². The van der Waals surface area contributed by atoms with Crippen LogP contribution < -0.4 is 5.32 Å². The number of carbonyl (C=O) groups is 1. The van der Waals surface area contributed by atoms with E-state index in [2.05, 4.69) is 41.2 Å². The SMILES string of the molecule is C=C(C)c1ccc(C2=CCC(NC(=O)OC(C)(C)C)C2)c2cc[nH]c12. The number of amides is 1. The third-order valence-corrected chi connectivity index (χ3v) is 4.36. The van der Waals surface area contributed by atoms with E-state index in [0.29, 0.717) is 0 Å². The molecule has 1 aromatic carbocycles. The third-order valence-electron chi connectivity index (χ3n) is 4.36. The number of aromatic nitrogens is 1. The average molecular weight is 338 g/mol. The van der Waals surface area contributed by atoms with Gasteiger partial charge in [-0.25, -0.2) is 4.79 Å². The maximum absolute atomic E-state index is 12.0. The highest BCUT2D eigenvalue weighted by molar-refractivity contribution is 5.98. The van der Waals surface area contributed by atoms with Crippen LogP contribution in [0.1, 0.15) is 51.7 Å². The van der Waals surface area contributed by atoms with Crippen molar-refractivity contribution in [3.8, 4) is 0 Å². The highest BCUT2D eigenvalue weighted by Gasteiger charge is 2.24. The summed E-state index contributed by atoms with van der Waals surface area (Å²) in [4.78, 5) is 15.3. The first kappa shape index (κ1) is 17.3. The standard InChI is InChI=1S/C21H26N2O2/c1-13(2)16-8-9-17(18-10-11-22-19(16)18)14-6-7-15(12-14)23-20(24)25-21(3,4)5/h6,8-11,15,22H,1,7,12H2,2-5H3,(H,23,24). The number of H-pyrrole nitrogens is 1. The number of ether oxygens (including phenoxy) is 1. The lowest BCUT2D eigenvalue weighted by atomic mass is 9.96. The predicted molar refractivity (Wildman–Crippen MR) is 103 cm³/mol. The van der Waals surface area contributed by atoms with Crippen molar-refractivity contribution < 1.29 is 9.53 Å². The molecular formula is C21H26N2O2. The number of benzene rings is 1. The molecule has 2 aromatic rings. The first-order chi connectivity index (χ1) is 11.7. The van der Waals surface area contributed by atoms with Crippen LogP contribution >= 0.6 is 0 Å². The zero-order valence-electron chi connectivity index (χ0n) is 15.4. The summed E-state index contributed by atoms with van der Waals surface area (Å²) in [6, 6.07) is 6.46. The molecule has 1 aliphatic rings. The largest absolute Gasteiger partial charge is 0.444 e. The lowest BCUT2D eigenvalue weighted by Crippen LogP contribution is -2.38. The van der Waals surface area contributed by atoms with Gasteiger partial charge >= 0.3 is 6.09 Å². The quantitative estimate of drug-likeness (QED) is 0.801. The van der Waals surface area contributed by atoms with Gasteiger partial charge in [0.25, 0.3) is 0 Å². The Hall–Kier alpha value is -2.49. The molecule has 1 amide bonds. The van der Waals surface area contributed by atoms with Crippen LogP contribution in [-0.4, -0.2) is 22.7 Å². The van der Waals surface area contributed by atoms with Gasteiger partial charge in [-0.3, -0.25) is 0 Å². The molecule has 1 unspecified atom stereocenters. The zero-order valence-corrected chi connectivity index (χ0v) is 15.4. The van der Waals surface area contributed by atoms with Crippen molar-refractivity contribution in [1.29, 1.82) is 0 Å². The molecule has 0 bridgehead atoms. The summed E-state index contributed by atoms with van der Waals surface area (Å²) in [6.45, 7) is 11.7. The molecule has 0 radical (unpaired) electrons. The van der Waals surface area contributed by atoms with Crippen LogP contribution in [0.2, 0.25) is 0 Å². The Balaban J connectivity index is 1.76. The molecule has 0 spiro atoms. The Morgan fingerprint density at radius 3 is 2.76 bits per heavy atom. The second-order valence-corrected chi connectivity index (χ2v) is 7.72. The lowest BCUT2D eigenvalue weighted by molar-refractivity contribution is 0.0507. The van der Waals surface area contributed by atoms with Crippen molar-refractivity contribution in [1.82, 2.24) is 10.3 Å². The topological polar surface area (TPSA) is 54.1 Å². The van der Waals surface area contributed by atoms with Crippen LogP contribution in [0.5, 0.6) is 0 Å². The molecule has 25 heavy (non-hydrogen) atoms. The number of fused-ring (bicyclic) bond motifs is 1. The van der Waals surface area contributed by atoms with Gasteiger partial charge in [0.2, 0.25) is 0 Å². The maximum Gasteiger partial charge on any atom is 0.407 e. The van der Waals surface area contributed by atoms with E-state index in [1.807, 2.05) is 33.9 Å². The number of allylic oxidation sites excluding steroid dienone is 1. The fourth-order valence-corrected chi connectivity index (χ4v) is 3.31. The van der Waals surface area contributed by atoms with Gasteiger partial charge in [0, 0.05) is 23.2 Å². The minimum atomic E-state index is -0.478. The van der Waals surface area contributed by atoms with Gasteiger partial charge in [0.1, 0.15) is 5.60 Å². The minimum absolute atomic E-state index is 0.0830. The van der Waals surface area contributed by atoms with Gasteiger partial charge in [0.15, 0.2) is 0 Å². The van der Waals surface area contributed by atoms with Gasteiger partial charge in [-0.1, -0.05) is 24.8 Å². The molecule has 1 aromatic heterocycles. The first-order valence-corrected chi connectivity index (χ1v) is 8.69. The Morgan fingerprint density at radius 1 is 1.32 bits per heavy atom. The predicted octanol–water partition coefficient (Wildman–Crippen LogP) is 5.27. The average Bonchev–Trinajstić information content (AvgIpc) is 3.12. The first-order valence-electron chi connectivity index (χ1n) is 8.69. The van der Waals surface area contributed by atoms with Crippen LogP contribution in [0.25, 0.3) is 22.0 Å². The smallest absolute Gasteiger partial charge is 0.407 e. The van der Waals surface area contributed by atoms with E-state index >= 15 is 0 Å². The maximum atomic E-state index is 12.0. The van der Waals surface area contributed by atoms with E-state index in [1.54, 1.807) is 0 Å². The molecule has 1 aliphatic carbocycles. The molecular weight excluding hydrogens is 312 g/mol. The van der Waals surface area contributed by atoms with E-state index in [1.165, 1.54) is 16.5 Å². The minimum Gasteiger partial charge on any atom is -0.444 e. The summed E-state index contributed by atoms with van der Waals surface area (Å²) in [6.07, 6.45) is 5.46. The summed E-state index contributed by atoms with van der Waals surface area (Å²) in [5.74, 6) is 0. The van der Waals surface area contributed by atoms with Crippen LogP contribution in [-0.2, 0) is 4.74 Å². The number of aromatic amines is 1. The van der Waals surface area contributed by atoms with Gasteiger partial charge < -0.3 is 15.0 Å². The molecule has 4 nitrogen and oxygen atoms in total. The summed E-state index contributed by atoms with van der Waals surface area (Å²) in [5, 5.41) is 4.17. The fraction of sp³-hybridized carbons (Fsp3) is 0.381. The second kappa shape index (κ2) is 6.43. The van der Waals surface area contributed by atoms with Crippen molar-refractivity contribution >= 4 is 28.1 Å². The highest BCUT2D eigenvalue weighted by atomic mass is 16.6. The molecule has 2 N–H and O–H groups in total. The van der Waals surface area contributed by atoms with Crippen molar-refractivity contribution in [3.05, 3.63) is 48.2 Å². The van der Waals surface area contributed by atoms with Crippen molar-refractivity contribution in [3.63, 3.8) is 0 Å². The van der Waals surface area contributed by atoms with E-state index in [4.69, 9.17) is 4.74 Å². The van der Waals surface area contributed by atoms with Crippen LogP contribution in [0.4, 0.5) is 4.79 Å². The molecule has 0 saturated heterocycles. The molecule has 0 fully saturated rings. The molecule has 132 valence electrons. The molecule has 1 heterocycles. The van der Waals surface area contributed by atoms with E-state index in [0.717, 1.165) is 29.5 Å². The zero-order chi connectivity index (χ0) is 18.2. The summed E-state index contributed by atoms with van der Waals surface area (Å²) >= 11 is 0. The fourth-order valence-electron chi connectivity index (χ4n) is 3.31. The Kier molecular flexibility index (Phi) is 4.46. The highest BCUT2D eigenvalue weighted by Crippen LogP contribution is 2.35. The Labute approximate surface area is 149 Å². The van der Waals surface area contributed by atoms with E-state index < -0.39 is 5.60 Å². The van der Waals surface area contributed by atoms with E-state index in [9.17, 15) is 4.79 Å². The molecule has 0 saturated carbocycles. The number of hydrogen-bond donors (Lipinski definition) is 2. The number of carbonyl (C=O) groups excluding carboxylic acids is 1. The van der Waals surface area contributed by atoms with Crippen LogP contribution in [0, 0.1) is 0 Å². The van der Waals surface area contributed by atoms with E-state index in [-0.39, 0.29) is 12.1 Å². The van der Waals surface area contributed by atoms with Gasteiger partial charge in [-0.2, -0.15) is 0 Å². The molecule has 3 rings (SSSR count). The molecule has 1 atom stereocenters. The summed E-state index contributed by atoms with van der Waals surface area (Å²) < 4.78 is 5.35. The summed E-state index contributed by atoms with van der Waals surface area (Å²) in [7, 11) is 0. The normalized spacial score (nSPS) is 17.4. The Bertz CT molecular complexity index is 852. The molecule has 0 aliphatic heterocycles. The van der Waals surface area contributed by atoms with Crippen molar-refractivity contribution in [2.45, 2.75) is 52.2 Å².